The van der Waals surface area contributed by atoms with Gasteiger partial charge in [-0.25, -0.2) is 9.78 Å². The van der Waals surface area contributed by atoms with Crippen LogP contribution < -0.4 is 5.73 Å². The van der Waals surface area contributed by atoms with E-state index in [1.54, 1.807) is 26.8 Å². The SMILES string of the molecule is CC(C)(C)C(=O)C(C)(OC(N)=O)c1ccc(Cl)nc1. The maximum absolute atomic E-state index is 12.5. The van der Waals surface area contributed by atoms with Gasteiger partial charge in [-0.1, -0.05) is 32.4 Å². The fourth-order valence-corrected chi connectivity index (χ4v) is 1.92. The predicted molar refractivity (Wildman–Crippen MR) is 71.7 cm³/mol. The third-order valence-electron chi connectivity index (χ3n) is 2.70. The first-order chi connectivity index (χ1) is 8.57. The van der Waals surface area contributed by atoms with Crippen LogP contribution in [0.1, 0.15) is 33.3 Å². The van der Waals surface area contributed by atoms with Crippen LogP contribution in [0.25, 0.3) is 0 Å². The van der Waals surface area contributed by atoms with Gasteiger partial charge in [0.15, 0.2) is 11.4 Å². The molecule has 0 aliphatic rings. The number of halogens is 1. The fraction of sp³-hybridized carbons (Fsp3) is 0.462. The first-order valence-electron chi connectivity index (χ1n) is 5.73. The fourth-order valence-electron chi connectivity index (χ4n) is 1.81. The molecule has 0 saturated heterocycles. The monoisotopic (exact) mass is 284 g/mol. The normalized spacial score (nSPS) is 14.6. The number of nitrogens with two attached hydrogens (primary N) is 1. The van der Waals surface area contributed by atoms with Gasteiger partial charge in [-0.15, -0.1) is 0 Å². The van der Waals surface area contributed by atoms with Gasteiger partial charge in [0, 0.05) is 17.2 Å². The molecule has 0 aliphatic heterocycles. The molecule has 2 N–H and O–H groups in total. The number of hydrogen-bond donors (Lipinski definition) is 1. The molecule has 1 aromatic heterocycles. The Morgan fingerprint density at radius 1 is 1.26 bits per heavy atom. The van der Waals surface area contributed by atoms with E-state index in [2.05, 4.69) is 4.98 Å². The first kappa shape index (κ1) is 15.4. The van der Waals surface area contributed by atoms with Crippen LogP contribution in [-0.4, -0.2) is 16.9 Å². The first-order valence-corrected chi connectivity index (χ1v) is 6.10. The number of aromatic nitrogens is 1. The molecular formula is C13H17ClN2O3. The lowest BCUT2D eigenvalue weighted by Crippen LogP contribution is -2.45. The minimum absolute atomic E-state index is 0.275. The van der Waals surface area contributed by atoms with Gasteiger partial charge in [-0.2, -0.15) is 0 Å². The lowest BCUT2D eigenvalue weighted by atomic mass is 9.78. The third kappa shape index (κ3) is 3.44. The van der Waals surface area contributed by atoms with Crippen molar-refractivity contribution >= 4 is 23.5 Å². The topological polar surface area (TPSA) is 82.3 Å². The van der Waals surface area contributed by atoms with Gasteiger partial charge in [0.05, 0.1) is 0 Å². The second-order valence-electron chi connectivity index (χ2n) is 5.40. The number of rotatable bonds is 3. The van der Waals surface area contributed by atoms with Gasteiger partial charge in [0.2, 0.25) is 0 Å². The van der Waals surface area contributed by atoms with Crippen LogP contribution in [0.5, 0.6) is 0 Å². The van der Waals surface area contributed by atoms with E-state index in [0.717, 1.165) is 0 Å². The Labute approximate surface area is 117 Å². The van der Waals surface area contributed by atoms with Crippen molar-refractivity contribution in [3.63, 3.8) is 0 Å². The van der Waals surface area contributed by atoms with E-state index in [9.17, 15) is 9.59 Å². The van der Waals surface area contributed by atoms with Crippen molar-refractivity contribution in [1.82, 2.24) is 4.98 Å². The van der Waals surface area contributed by atoms with Gasteiger partial charge in [0.1, 0.15) is 5.15 Å². The van der Waals surface area contributed by atoms with Gasteiger partial charge in [0.25, 0.3) is 0 Å². The highest BCUT2D eigenvalue weighted by molar-refractivity contribution is 6.29. The molecule has 1 heterocycles. The summed E-state index contributed by atoms with van der Waals surface area (Å²) < 4.78 is 5.06. The largest absolute Gasteiger partial charge is 0.430 e. The number of primary amides is 1. The van der Waals surface area contributed by atoms with Crippen molar-refractivity contribution in [3.8, 4) is 0 Å². The Morgan fingerprint density at radius 3 is 2.21 bits per heavy atom. The number of nitrogens with zero attached hydrogens (tertiary/aromatic N) is 1. The Balaban J connectivity index is 3.31. The maximum Gasteiger partial charge on any atom is 0.405 e. The van der Waals surface area contributed by atoms with Crippen LogP contribution in [-0.2, 0) is 15.1 Å². The van der Waals surface area contributed by atoms with Gasteiger partial charge >= 0.3 is 6.09 Å². The zero-order valence-corrected chi connectivity index (χ0v) is 12.1. The Bertz CT molecular complexity index is 494. The summed E-state index contributed by atoms with van der Waals surface area (Å²) in [5.74, 6) is -0.275. The molecule has 1 atom stereocenters. The molecule has 1 amide bonds. The highest BCUT2D eigenvalue weighted by atomic mass is 35.5. The second-order valence-corrected chi connectivity index (χ2v) is 5.79. The van der Waals surface area contributed by atoms with E-state index >= 15 is 0 Å². The van der Waals surface area contributed by atoms with Crippen molar-refractivity contribution in [2.75, 3.05) is 0 Å². The van der Waals surface area contributed by atoms with E-state index < -0.39 is 17.1 Å². The number of carbonyl (C=O) groups excluding carboxylic acids is 2. The molecule has 1 rings (SSSR count). The van der Waals surface area contributed by atoms with Gasteiger partial charge < -0.3 is 10.5 Å². The summed E-state index contributed by atoms with van der Waals surface area (Å²) in [6.45, 7) is 6.71. The minimum Gasteiger partial charge on any atom is -0.430 e. The van der Waals surface area contributed by atoms with E-state index in [-0.39, 0.29) is 10.9 Å². The number of carbonyl (C=O) groups is 2. The third-order valence-corrected chi connectivity index (χ3v) is 2.92. The summed E-state index contributed by atoms with van der Waals surface area (Å²) in [7, 11) is 0. The highest BCUT2D eigenvalue weighted by Gasteiger charge is 2.44. The van der Waals surface area contributed by atoms with Gasteiger partial charge in [-0.05, 0) is 19.1 Å². The Kier molecular flexibility index (Phi) is 4.20. The summed E-state index contributed by atoms with van der Waals surface area (Å²) in [6, 6.07) is 3.11. The molecule has 1 aromatic rings. The number of Topliss-reactive ketones (excluding diaryl/α,β-unsaturated/α-hetero) is 1. The number of ether oxygens (including phenoxy) is 1. The molecule has 6 heteroatoms. The number of pyridine rings is 1. The molecule has 0 aromatic carbocycles. The molecule has 0 radical (unpaired) electrons. The van der Waals surface area contributed by atoms with Crippen molar-refractivity contribution in [2.24, 2.45) is 11.1 Å². The summed E-state index contributed by atoms with van der Waals surface area (Å²) in [6.07, 6.45) is 0.379. The van der Waals surface area contributed by atoms with Crippen molar-refractivity contribution in [1.29, 1.82) is 0 Å². The zero-order valence-electron chi connectivity index (χ0n) is 11.4. The Morgan fingerprint density at radius 2 is 1.84 bits per heavy atom. The number of ketones is 1. The van der Waals surface area contributed by atoms with Crippen LogP contribution in [0.15, 0.2) is 18.3 Å². The average molecular weight is 285 g/mol. The minimum atomic E-state index is -1.48. The quantitative estimate of drug-likeness (QED) is 0.865. The summed E-state index contributed by atoms with van der Waals surface area (Å²) >= 11 is 5.71. The molecule has 0 bridgehead atoms. The number of hydrogen-bond acceptors (Lipinski definition) is 4. The van der Waals surface area contributed by atoms with E-state index in [0.29, 0.717) is 5.56 Å². The average Bonchev–Trinajstić information content (AvgIpc) is 2.26. The van der Waals surface area contributed by atoms with Crippen molar-refractivity contribution < 1.29 is 14.3 Å². The zero-order chi connectivity index (χ0) is 14.8. The molecule has 0 aliphatic carbocycles. The summed E-state index contributed by atoms with van der Waals surface area (Å²) in [5, 5.41) is 0.286. The van der Waals surface area contributed by atoms with E-state index in [1.165, 1.54) is 19.2 Å². The molecular weight excluding hydrogens is 268 g/mol. The van der Waals surface area contributed by atoms with Crippen LogP contribution in [0.3, 0.4) is 0 Å². The van der Waals surface area contributed by atoms with Crippen LogP contribution in [0, 0.1) is 5.41 Å². The molecule has 0 saturated carbocycles. The Hall–Kier alpha value is -1.62. The number of amides is 1. The maximum atomic E-state index is 12.5. The lowest BCUT2D eigenvalue weighted by Gasteiger charge is -2.33. The van der Waals surface area contributed by atoms with Crippen LogP contribution >= 0.6 is 11.6 Å². The molecule has 0 spiro atoms. The van der Waals surface area contributed by atoms with E-state index in [4.69, 9.17) is 22.1 Å². The molecule has 5 nitrogen and oxygen atoms in total. The predicted octanol–water partition coefficient (Wildman–Crippen LogP) is 2.66. The molecule has 1 unspecified atom stereocenters. The van der Waals surface area contributed by atoms with Crippen molar-refractivity contribution in [3.05, 3.63) is 29.0 Å². The van der Waals surface area contributed by atoms with Crippen LogP contribution in [0.2, 0.25) is 5.15 Å². The summed E-state index contributed by atoms with van der Waals surface area (Å²) in [5.41, 5.74) is 3.30. The van der Waals surface area contributed by atoms with Gasteiger partial charge in [-0.3, -0.25) is 4.79 Å². The van der Waals surface area contributed by atoms with Crippen LogP contribution in [0.4, 0.5) is 4.79 Å². The summed E-state index contributed by atoms with van der Waals surface area (Å²) in [4.78, 5) is 27.5. The molecule has 0 fully saturated rings. The second kappa shape index (κ2) is 5.17. The highest BCUT2D eigenvalue weighted by Crippen LogP contribution is 2.34. The molecule has 104 valence electrons. The smallest absolute Gasteiger partial charge is 0.405 e. The lowest BCUT2D eigenvalue weighted by molar-refractivity contribution is -0.145. The standard InChI is InChI=1S/C13H17ClN2O3/c1-12(2,3)10(17)13(4,19-11(15)18)8-5-6-9(14)16-7-8/h5-7H,1-4H3,(H2,15,18). The van der Waals surface area contributed by atoms with E-state index in [1.807, 2.05) is 0 Å². The van der Waals surface area contributed by atoms with Crippen molar-refractivity contribution in [2.45, 2.75) is 33.3 Å². The molecule has 19 heavy (non-hydrogen) atoms.